The van der Waals surface area contributed by atoms with E-state index < -0.39 is 0 Å². The van der Waals surface area contributed by atoms with Crippen LogP contribution in [0.3, 0.4) is 0 Å². The number of piperazine rings is 1. The van der Waals surface area contributed by atoms with Crippen LogP contribution in [-0.2, 0) is 16.0 Å². The van der Waals surface area contributed by atoms with Gasteiger partial charge < -0.3 is 9.64 Å². The number of halogens is 2. The van der Waals surface area contributed by atoms with Crippen molar-refractivity contribution >= 4 is 29.1 Å². The molecular weight excluding hydrogens is 421 g/mol. The lowest BCUT2D eigenvalue weighted by Crippen LogP contribution is -2.71. The topological polar surface area (TPSA) is 36.0 Å². The van der Waals surface area contributed by atoms with E-state index in [9.17, 15) is 4.79 Å². The Labute approximate surface area is 189 Å². The van der Waals surface area contributed by atoms with E-state index in [1.54, 1.807) is 6.07 Å². The molecule has 0 bridgehead atoms. The van der Waals surface area contributed by atoms with Crippen LogP contribution in [0.2, 0.25) is 10.0 Å². The number of hydrogen-bond acceptors (Lipinski definition) is 4. The lowest BCUT2D eigenvalue weighted by molar-refractivity contribution is -0.152. The fraction of sp³-hybridized carbons (Fsp3) is 0.696. The standard InChI is InChI=1S/C23H31Cl2N3O2/c24-18-6-5-17(11-19(18)25)12-22(29)28-10-9-27(13-16-3-4-16)21-15-30-14-20(23(21)28)26-7-1-2-8-26/h5-6,11,16,20-21,23H,1-4,7-10,12-15H2/t20-,21+,23+/m0/s1. The summed E-state index contributed by atoms with van der Waals surface area (Å²) in [6, 6.07) is 6.33. The van der Waals surface area contributed by atoms with Gasteiger partial charge in [0.25, 0.3) is 0 Å². The van der Waals surface area contributed by atoms with Gasteiger partial charge in [-0.25, -0.2) is 0 Å². The third-order valence-electron chi connectivity index (χ3n) is 7.28. The molecule has 4 aliphatic rings. The second-order valence-electron chi connectivity index (χ2n) is 9.36. The second kappa shape index (κ2) is 8.95. The third-order valence-corrected chi connectivity index (χ3v) is 8.02. The van der Waals surface area contributed by atoms with E-state index in [1.165, 1.54) is 25.7 Å². The lowest BCUT2D eigenvalue weighted by atomic mass is 9.90. The number of hydrogen-bond donors (Lipinski definition) is 0. The monoisotopic (exact) mass is 451 g/mol. The number of ether oxygens (including phenoxy) is 1. The molecule has 1 aliphatic carbocycles. The van der Waals surface area contributed by atoms with Gasteiger partial charge in [-0.2, -0.15) is 0 Å². The summed E-state index contributed by atoms with van der Waals surface area (Å²) in [6.07, 6.45) is 5.57. The highest BCUT2D eigenvalue weighted by molar-refractivity contribution is 6.42. The molecule has 3 saturated heterocycles. The zero-order valence-electron chi connectivity index (χ0n) is 17.4. The summed E-state index contributed by atoms with van der Waals surface area (Å²) in [5.41, 5.74) is 0.927. The van der Waals surface area contributed by atoms with Crippen molar-refractivity contribution in [2.75, 3.05) is 45.9 Å². The van der Waals surface area contributed by atoms with E-state index in [0.717, 1.165) is 57.4 Å². The van der Waals surface area contributed by atoms with Gasteiger partial charge in [0, 0.05) is 19.6 Å². The number of amides is 1. The number of carbonyl (C=O) groups excluding carboxylic acids is 1. The van der Waals surface area contributed by atoms with E-state index in [-0.39, 0.29) is 11.9 Å². The molecule has 7 heteroatoms. The van der Waals surface area contributed by atoms with Crippen LogP contribution in [0.25, 0.3) is 0 Å². The van der Waals surface area contributed by atoms with Crippen molar-refractivity contribution in [1.29, 1.82) is 0 Å². The molecule has 3 atom stereocenters. The van der Waals surface area contributed by atoms with Crippen molar-refractivity contribution in [3.8, 4) is 0 Å². The Bertz CT molecular complexity index is 782. The zero-order valence-corrected chi connectivity index (χ0v) is 19.0. The summed E-state index contributed by atoms with van der Waals surface area (Å²) in [7, 11) is 0. The van der Waals surface area contributed by atoms with Crippen LogP contribution in [0, 0.1) is 5.92 Å². The molecule has 0 N–H and O–H groups in total. The van der Waals surface area contributed by atoms with Crippen molar-refractivity contribution in [1.82, 2.24) is 14.7 Å². The van der Waals surface area contributed by atoms with Gasteiger partial charge >= 0.3 is 0 Å². The fourth-order valence-electron chi connectivity index (χ4n) is 5.52. The first-order valence-corrected chi connectivity index (χ1v) is 12.1. The highest BCUT2D eigenvalue weighted by Crippen LogP contribution is 2.35. The average Bonchev–Trinajstić information content (AvgIpc) is 3.39. The van der Waals surface area contributed by atoms with Gasteiger partial charge in [0.15, 0.2) is 0 Å². The first-order chi connectivity index (χ1) is 14.6. The minimum atomic E-state index is 0.195. The molecule has 164 valence electrons. The Balaban J connectivity index is 1.37. The zero-order chi connectivity index (χ0) is 20.7. The largest absolute Gasteiger partial charge is 0.378 e. The molecule has 1 saturated carbocycles. The van der Waals surface area contributed by atoms with E-state index in [1.807, 2.05) is 12.1 Å². The predicted molar refractivity (Wildman–Crippen MR) is 119 cm³/mol. The number of carbonyl (C=O) groups is 1. The van der Waals surface area contributed by atoms with Crippen LogP contribution in [0.1, 0.15) is 31.2 Å². The predicted octanol–water partition coefficient (Wildman–Crippen LogP) is 3.32. The van der Waals surface area contributed by atoms with Crippen LogP contribution >= 0.6 is 23.2 Å². The Morgan fingerprint density at radius 3 is 2.50 bits per heavy atom. The molecule has 0 radical (unpaired) electrons. The maximum absolute atomic E-state index is 13.5. The molecule has 1 aromatic rings. The molecule has 3 heterocycles. The second-order valence-corrected chi connectivity index (χ2v) is 10.2. The van der Waals surface area contributed by atoms with Gasteiger partial charge in [-0.05, 0) is 62.4 Å². The van der Waals surface area contributed by atoms with Crippen molar-refractivity contribution in [3.63, 3.8) is 0 Å². The SMILES string of the molecule is O=C(Cc1ccc(Cl)c(Cl)c1)N1CCN(CC2CC2)[C@@H]2COC[C@H](N3CCCC3)[C@H]21. The molecule has 1 aromatic carbocycles. The number of fused-ring (bicyclic) bond motifs is 1. The van der Waals surface area contributed by atoms with Gasteiger partial charge in [-0.3, -0.25) is 14.6 Å². The minimum absolute atomic E-state index is 0.195. The summed E-state index contributed by atoms with van der Waals surface area (Å²) in [6.45, 7) is 6.61. The number of likely N-dealkylation sites (tertiary alicyclic amines) is 1. The van der Waals surface area contributed by atoms with Crippen LogP contribution in [0.15, 0.2) is 18.2 Å². The Kier molecular flexibility index (Phi) is 6.27. The summed E-state index contributed by atoms with van der Waals surface area (Å²) < 4.78 is 6.12. The lowest BCUT2D eigenvalue weighted by Gasteiger charge is -2.54. The molecule has 1 amide bonds. The molecule has 5 nitrogen and oxygen atoms in total. The molecular formula is C23H31Cl2N3O2. The highest BCUT2D eigenvalue weighted by Gasteiger charge is 2.48. The van der Waals surface area contributed by atoms with Crippen LogP contribution in [0.5, 0.6) is 0 Å². The maximum atomic E-state index is 13.5. The van der Waals surface area contributed by atoms with Crippen LogP contribution < -0.4 is 0 Å². The minimum Gasteiger partial charge on any atom is -0.378 e. The molecule has 0 unspecified atom stereocenters. The van der Waals surface area contributed by atoms with Crippen molar-refractivity contribution in [2.45, 2.75) is 50.2 Å². The molecule has 3 aliphatic heterocycles. The Hall–Kier alpha value is -0.850. The summed E-state index contributed by atoms with van der Waals surface area (Å²) in [5, 5.41) is 1.04. The maximum Gasteiger partial charge on any atom is 0.227 e. The van der Waals surface area contributed by atoms with E-state index >= 15 is 0 Å². The third kappa shape index (κ3) is 4.37. The van der Waals surface area contributed by atoms with Gasteiger partial charge in [0.05, 0.1) is 47.8 Å². The number of rotatable bonds is 5. The fourth-order valence-corrected chi connectivity index (χ4v) is 5.84. The smallest absolute Gasteiger partial charge is 0.227 e. The Morgan fingerprint density at radius 1 is 1.00 bits per heavy atom. The van der Waals surface area contributed by atoms with Crippen molar-refractivity contribution < 1.29 is 9.53 Å². The quantitative estimate of drug-likeness (QED) is 0.687. The van der Waals surface area contributed by atoms with Crippen LogP contribution in [-0.4, -0.2) is 84.7 Å². The first kappa shape index (κ1) is 21.0. The van der Waals surface area contributed by atoms with E-state index in [2.05, 4.69) is 14.7 Å². The van der Waals surface area contributed by atoms with Gasteiger partial charge in [-0.15, -0.1) is 0 Å². The molecule has 30 heavy (non-hydrogen) atoms. The summed E-state index contributed by atoms with van der Waals surface area (Å²) in [4.78, 5) is 20.8. The summed E-state index contributed by atoms with van der Waals surface area (Å²) >= 11 is 12.2. The van der Waals surface area contributed by atoms with E-state index in [0.29, 0.717) is 28.5 Å². The molecule has 0 spiro atoms. The van der Waals surface area contributed by atoms with Crippen LogP contribution in [0.4, 0.5) is 0 Å². The first-order valence-electron chi connectivity index (χ1n) is 11.4. The number of benzene rings is 1. The summed E-state index contributed by atoms with van der Waals surface area (Å²) in [5.74, 6) is 1.04. The van der Waals surface area contributed by atoms with Gasteiger partial charge in [0.2, 0.25) is 5.91 Å². The highest BCUT2D eigenvalue weighted by atomic mass is 35.5. The van der Waals surface area contributed by atoms with Gasteiger partial charge in [-0.1, -0.05) is 29.3 Å². The molecule has 5 rings (SSSR count). The Morgan fingerprint density at radius 2 is 1.77 bits per heavy atom. The molecule has 0 aromatic heterocycles. The van der Waals surface area contributed by atoms with E-state index in [4.69, 9.17) is 27.9 Å². The molecule has 4 fully saturated rings. The number of nitrogens with zero attached hydrogens (tertiary/aromatic N) is 3. The van der Waals surface area contributed by atoms with Crippen molar-refractivity contribution in [3.05, 3.63) is 33.8 Å². The average molecular weight is 452 g/mol. The van der Waals surface area contributed by atoms with Crippen molar-refractivity contribution in [2.24, 2.45) is 5.92 Å². The van der Waals surface area contributed by atoms with Gasteiger partial charge in [0.1, 0.15) is 0 Å². The normalized spacial score (nSPS) is 30.5.